The zero-order valence-electron chi connectivity index (χ0n) is 11.2. The van der Waals surface area contributed by atoms with E-state index in [9.17, 15) is 9.59 Å². The summed E-state index contributed by atoms with van der Waals surface area (Å²) in [7, 11) is 0. The minimum Gasteiger partial charge on any atom is -0.335 e. The van der Waals surface area contributed by atoms with Crippen LogP contribution in [0.1, 0.15) is 25.8 Å². The maximum Gasteiger partial charge on any atom is 0.242 e. The molecule has 0 aromatic heterocycles. The van der Waals surface area contributed by atoms with E-state index in [2.05, 4.69) is 10.9 Å². The maximum absolute atomic E-state index is 12.4. The molecule has 0 bridgehead atoms. The number of rotatable bonds is 4. The molecular formula is C14H19N3O2. The summed E-state index contributed by atoms with van der Waals surface area (Å²) >= 11 is 0. The van der Waals surface area contributed by atoms with Gasteiger partial charge in [0.15, 0.2) is 0 Å². The third-order valence-electron chi connectivity index (χ3n) is 3.18. The lowest BCUT2D eigenvalue weighted by Gasteiger charge is -2.29. The predicted molar refractivity (Wildman–Crippen MR) is 71.8 cm³/mol. The van der Waals surface area contributed by atoms with Crippen LogP contribution in [0.5, 0.6) is 0 Å². The van der Waals surface area contributed by atoms with Crippen molar-refractivity contribution in [1.82, 2.24) is 15.8 Å². The smallest absolute Gasteiger partial charge is 0.242 e. The van der Waals surface area contributed by atoms with Crippen LogP contribution in [0.15, 0.2) is 30.3 Å². The number of carbonyl (C=O) groups excluding carboxylic acids is 2. The zero-order chi connectivity index (χ0) is 13.8. The molecule has 1 aliphatic heterocycles. The predicted octanol–water partition coefficient (Wildman–Crippen LogP) is 0.817. The standard InChI is InChI=1S/C14H19N3O2/c1-10(2)17(9-11-6-4-3-5-7-11)14(19)12-8-13(18)16-15-12/h3-7,10,12,15H,8-9H2,1-2H3,(H,16,18). The number of hydrazine groups is 1. The first-order valence-electron chi connectivity index (χ1n) is 6.46. The van der Waals surface area contributed by atoms with E-state index in [1.54, 1.807) is 4.90 Å². The maximum atomic E-state index is 12.4. The molecule has 0 aliphatic carbocycles. The summed E-state index contributed by atoms with van der Waals surface area (Å²) in [6, 6.07) is 9.48. The van der Waals surface area contributed by atoms with E-state index in [0.29, 0.717) is 6.54 Å². The van der Waals surface area contributed by atoms with Gasteiger partial charge in [0.1, 0.15) is 6.04 Å². The highest BCUT2D eigenvalue weighted by Crippen LogP contribution is 2.12. The number of nitrogens with one attached hydrogen (secondary N) is 2. The Labute approximate surface area is 112 Å². The molecule has 2 N–H and O–H groups in total. The number of benzene rings is 1. The number of hydrogen-bond donors (Lipinski definition) is 2. The van der Waals surface area contributed by atoms with Crippen molar-refractivity contribution in [3.8, 4) is 0 Å². The van der Waals surface area contributed by atoms with Crippen molar-refractivity contribution >= 4 is 11.8 Å². The summed E-state index contributed by atoms with van der Waals surface area (Å²) in [5, 5.41) is 0. The lowest BCUT2D eigenvalue weighted by atomic mass is 10.1. The van der Waals surface area contributed by atoms with Gasteiger partial charge in [-0.2, -0.15) is 0 Å². The molecule has 1 fully saturated rings. The van der Waals surface area contributed by atoms with Gasteiger partial charge in [-0.05, 0) is 19.4 Å². The van der Waals surface area contributed by atoms with E-state index in [1.807, 2.05) is 44.2 Å². The van der Waals surface area contributed by atoms with Gasteiger partial charge >= 0.3 is 0 Å². The van der Waals surface area contributed by atoms with Crippen molar-refractivity contribution in [3.05, 3.63) is 35.9 Å². The molecule has 1 aromatic rings. The highest BCUT2D eigenvalue weighted by atomic mass is 16.2. The molecule has 1 heterocycles. The van der Waals surface area contributed by atoms with E-state index in [-0.39, 0.29) is 24.3 Å². The average Bonchev–Trinajstić information content (AvgIpc) is 2.83. The SMILES string of the molecule is CC(C)N(Cc1ccccc1)C(=O)C1CC(=O)NN1. The highest BCUT2D eigenvalue weighted by Gasteiger charge is 2.32. The Morgan fingerprint density at radius 2 is 2.05 bits per heavy atom. The zero-order valence-corrected chi connectivity index (χ0v) is 11.2. The average molecular weight is 261 g/mol. The van der Waals surface area contributed by atoms with Crippen molar-refractivity contribution in [3.63, 3.8) is 0 Å². The van der Waals surface area contributed by atoms with Crippen molar-refractivity contribution in [2.75, 3.05) is 0 Å². The third kappa shape index (κ3) is 3.32. The highest BCUT2D eigenvalue weighted by molar-refractivity contribution is 5.90. The normalized spacial score (nSPS) is 18.5. The fraction of sp³-hybridized carbons (Fsp3) is 0.429. The van der Waals surface area contributed by atoms with E-state index >= 15 is 0 Å². The summed E-state index contributed by atoms with van der Waals surface area (Å²) in [6.45, 7) is 4.51. The van der Waals surface area contributed by atoms with Crippen LogP contribution in [-0.4, -0.2) is 28.8 Å². The van der Waals surface area contributed by atoms with Crippen molar-refractivity contribution < 1.29 is 9.59 Å². The summed E-state index contributed by atoms with van der Waals surface area (Å²) in [4.78, 5) is 25.4. The second kappa shape index (κ2) is 5.84. The second-order valence-electron chi connectivity index (χ2n) is 4.99. The Morgan fingerprint density at radius 1 is 1.37 bits per heavy atom. The number of amides is 2. The first-order valence-corrected chi connectivity index (χ1v) is 6.46. The first-order chi connectivity index (χ1) is 9.08. The molecule has 1 unspecified atom stereocenters. The summed E-state index contributed by atoms with van der Waals surface area (Å²) in [5.74, 6) is -0.182. The van der Waals surface area contributed by atoms with E-state index in [0.717, 1.165) is 5.56 Å². The van der Waals surface area contributed by atoms with Crippen LogP contribution in [-0.2, 0) is 16.1 Å². The molecule has 1 atom stereocenters. The number of hydrogen-bond acceptors (Lipinski definition) is 3. The van der Waals surface area contributed by atoms with Gasteiger partial charge in [-0.1, -0.05) is 30.3 Å². The quantitative estimate of drug-likeness (QED) is 0.843. The first kappa shape index (κ1) is 13.5. The molecule has 0 spiro atoms. The second-order valence-corrected chi connectivity index (χ2v) is 4.99. The fourth-order valence-electron chi connectivity index (χ4n) is 2.10. The van der Waals surface area contributed by atoms with Crippen molar-refractivity contribution in [2.24, 2.45) is 0 Å². The largest absolute Gasteiger partial charge is 0.335 e. The molecule has 1 aromatic carbocycles. The Hall–Kier alpha value is -1.88. The van der Waals surface area contributed by atoms with E-state index in [4.69, 9.17) is 0 Å². The minimum atomic E-state index is -0.460. The van der Waals surface area contributed by atoms with Gasteiger partial charge in [-0.25, -0.2) is 5.43 Å². The van der Waals surface area contributed by atoms with Crippen LogP contribution in [0.4, 0.5) is 0 Å². The molecule has 1 saturated heterocycles. The summed E-state index contributed by atoms with van der Waals surface area (Å²) in [5.41, 5.74) is 6.29. The topological polar surface area (TPSA) is 61.4 Å². The van der Waals surface area contributed by atoms with Crippen LogP contribution in [0.25, 0.3) is 0 Å². The van der Waals surface area contributed by atoms with Crippen LogP contribution < -0.4 is 10.9 Å². The minimum absolute atomic E-state index is 0.0443. The van der Waals surface area contributed by atoms with Gasteiger partial charge < -0.3 is 4.90 Å². The van der Waals surface area contributed by atoms with E-state index < -0.39 is 6.04 Å². The van der Waals surface area contributed by atoms with Crippen LogP contribution in [0.3, 0.4) is 0 Å². The molecule has 5 heteroatoms. The summed E-state index contributed by atoms with van der Waals surface area (Å²) < 4.78 is 0. The molecule has 2 rings (SSSR count). The van der Waals surface area contributed by atoms with Crippen LogP contribution >= 0.6 is 0 Å². The molecule has 1 aliphatic rings. The monoisotopic (exact) mass is 261 g/mol. The number of nitrogens with zero attached hydrogens (tertiary/aromatic N) is 1. The van der Waals surface area contributed by atoms with Gasteiger partial charge in [-0.15, -0.1) is 0 Å². The Bertz CT molecular complexity index is 459. The lowest BCUT2D eigenvalue weighted by Crippen LogP contribution is -2.47. The van der Waals surface area contributed by atoms with Crippen LogP contribution in [0.2, 0.25) is 0 Å². The molecule has 0 radical (unpaired) electrons. The van der Waals surface area contributed by atoms with Gasteiger partial charge in [-0.3, -0.25) is 15.0 Å². The summed E-state index contributed by atoms with van der Waals surface area (Å²) in [6.07, 6.45) is 0.205. The lowest BCUT2D eigenvalue weighted by molar-refractivity contribution is -0.136. The Balaban J connectivity index is 2.07. The van der Waals surface area contributed by atoms with Gasteiger partial charge in [0.25, 0.3) is 0 Å². The fourth-order valence-corrected chi connectivity index (χ4v) is 2.10. The van der Waals surface area contributed by atoms with Crippen molar-refractivity contribution in [1.29, 1.82) is 0 Å². The molecule has 102 valence electrons. The van der Waals surface area contributed by atoms with Gasteiger partial charge in [0.05, 0.1) is 6.42 Å². The van der Waals surface area contributed by atoms with Crippen molar-refractivity contribution in [2.45, 2.75) is 38.9 Å². The molecular weight excluding hydrogens is 242 g/mol. The molecule has 19 heavy (non-hydrogen) atoms. The van der Waals surface area contributed by atoms with Gasteiger partial charge in [0, 0.05) is 12.6 Å². The molecule has 0 saturated carbocycles. The van der Waals surface area contributed by atoms with E-state index in [1.165, 1.54) is 0 Å². The molecule has 5 nitrogen and oxygen atoms in total. The Morgan fingerprint density at radius 3 is 2.58 bits per heavy atom. The molecule has 2 amide bonds. The van der Waals surface area contributed by atoms with Gasteiger partial charge in [0.2, 0.25) is 11.8 Å². The van der Waals surface area contributed by atoms with Crippen LogP contribution in [0, 0.1) is 0 Å². The third-order valence-corrected chi connectivity index (χ3v) is 3.18. The number of carbonyl (C=O) groups is 2. The Kier molecular flexibility index (Phi) is 4.16.